The molecule has 2 aromatic heterocycles. The maximum absolute atomic E-state index is 13.5. The Morgan fingerprint density at radius 3 is 2.53 bits per heavy atom. The zero-order valence-electron chi connectivity index (χ0n) is 18.2. The summed E-state index contributed by atoms with van der Waals surface area (Å²) in [6.07, 6.45) is -0.922. The first kappa shape index (κ1) is 23.4. The van der Waals surface area contributed by atoms with E-state index in [9.17, 15) is 23.9 Å². The van der Waals surface area contributed by atoms with Gasteiger partial charge in [0.1, 0.15) is 5.82 Å². The molecule has 0 fully saturated rings. The van der Waals surface area contributed by atoms with Gasteiger partial charge in [0, 0.05) is 25.0 Å². The van der Waals surface area contributed by atoms with Crippen molar-refractivity contribution in [2.24, 2.45) is 7.05 Å². The summed E-state index contributed by atoms with van der Waals surface area (Å²) in [6.45, 7) is 4.75. The molecular formula is C23H24FN3O4S. The first-order valence-corrected chi connectivity index (χ1v) is 10.8. The number of aliphatic hydroxyl groups is 1. The van der Waals surface area contributed by atoms with Crippen LogP contribution in [-0.2, 0) is 11.8 Å². The molecule has 2 amide bonds. The summed E-state index contributed by atoms with van der Waals surface area (Å²) >= 11 is 1.42. The van der Waals surface area contributed by atoms with Crippen LogP contribution in [0.5, 0.6) is 0 Å². The molecule has 0 aliphatic carbocycles. The maximum atomic E-state index is 13.5. The number of nitrogens with one attached hydrogen (secondary N) is 2. The summed E-state index contributed by atoms with van der Waals surface area (Å²) in [5.74, 6) is -2.52. The van der Waals surface area contributed by atoms with E-state index in [-0.39, 0.29) is 23.6 Å². The Labute approximate surface area is 188 Å². The van der Waals surface area contributed by atoms with E-state index in [0.29, 0.717) is 28.1 Å². The van der Waals surface area contributed by atoms with Crippen molar-refractivity contribution in [1.82, 2.24) is 9.88 Å². The third-order valence-corrected chi connectivity index (χ3v) is 6.08. The van der Waals surface area contributed by atoms with Gasteiger partial charge in [-0.25, -0.2) is 4.39 Å². The van der Waals surface area contributed by atoms with Crippen molar-refractivity contribution in [1.29, 1.82) is 0 Å². The van der Waals surface area contributed by atoms with Gasteiger partial charge in [-0.3, -0.25) is 14.4 Å². The van der Waals surface area contributed by atoms with Crippen molar-refractivity contribution in [2.75, 3.05) is 11.9 Å². The summed E-state index contributed by atoms with van der Waals surface area (Å²) in [7, 11) is 1.60. The number of aromatic nitrogens is 1. The van der Waals surface area contributed by atoms with Gasteiger partial charge in [0.05, 0.1) is 17.4 Å². The van der Waals surface area contributed by atoms with Gasteiger partial charge in [0.25, 0.3) is 17.6 Å². The summed E-state index contributed by atoms with van der Waals surface area (Å²) in [4.78, 5) is 38.2. The fourth-order valence-corrected chi connectivity index (χ4v) is 4.22. The number of carbonyl (C=O) groups excluding carboxylic acids is 3. The molecule has 2 heterocycles. The summed E-state index contributed by atoms with van der Waals surface area (Å²) in [6, 6.07) is 5.96. The minimum atomic E-state index is -0.922. The van der Waals surface area contributed by atoms with E-state index in [4.69, 9.17) is 0 Å². The molecule has 0 radical (unpaired) electrons. The highest BCUT2D eigenvalue weighted by atomic mass is 32.1. The molecule has 168 valence electrons. The molecule has 3 rings (SSSR count). The Morgan fingerprint density at radius 2 is 1.91 bits per heavy atom. The van der Waals surface area contributed by atoms with Gasteiger partial charge in [-0.05, 0) is 72.5 Å². The van der Waals surface area contributed by atoms with Crippen LogP contribution in [0.2, 0.25) is 0 Å². The second kappa shape index (κ2) is 9.46. The maximum Gasteiger partial charge on any atom is 0.294 e. The average Bonchev–Trinajstić information content (AvgIpc) is 3.36. The van der Waals surface area contributed by atoms with E-state index >= 15 is 0 Å². The molecule has 7 nitrogen and oxygen atoms in total. The van der Waals surface area contributed by atoms with Gasteiger partial charge in [-0.2, -0.15) is 11.3 Å². The quantitative estimate of drug-likeness (QED) is 0.374. The smallest absolute Gasteiger partial charge is 0.294 e. The Bertz CT molecular complexity index is 1180. The van der Waals surface area contributed by atoms with Crippen LogP contribution < -0.4 is 10.6 Å². The van der Waals surface area contributed by atoms with Gasteiger partial charge in [-0.1, -0.05) is 0 Å². The van der Waals surface area contributed by atoms with Gasteiger partial charge in [-0.15, -0.1) is 0 Å². The van der Waals surface area contributed by atoms with E-state index in [1.807, 2.05) is 5.38 Å². The van der Waals surface area contributed by atoms with Crippen molar-refractivity contribution in [3.05, 3.63) is 74.5 Å². The first-order valence-electron chi connectivity index (χ1n) is 9.87. The Kier molecular flexibility index (Phi) is 6.90. The molecule has 1 atom stereocenters. The number of nitrogens with zero attached hydrogens (tertiary/aromatic N) is 1. The van der Waals surface area contributed by atoms with E-state index in [1.165, 1.54) is 34.1 Å². The molecule has 1 unspecified atom stereocenters. The number of aliphatic hydroxyl groups excluding tert-OH is 1. The van der Waals surface area contributed by atoms with Gasteiger partial charge in [0.2, 0.25) is 0 Å². The molecule has 0 bridgehead atoms. The lowest BCUT2D eigenvalue weighted by Crippen LogP contribution is -2.35. The molecule has 0 saturated heterocycles. The Morgan fingerprint density at radius 1 is 1.19 bits per heavy atom. The first-order chi connectivity index (χ1) is 15.1. The lowest BCUT2D eigenvalue weighted by molar-refractivity contribution is -0.117. The molecule has 3 N–H and O–H groups in total. The predicted molar refractivity (Wildman–Crippen MR) is 121 cm³/mol. The lowest BCUT2D eigenvalue weighted by atomic mass is 10.1. The molecule has 0 aliphatic rings. The van der Waals surface area contributed by atoms with Crippen LogP contribution in [0, 0.1) is 26.6 Å². The number of amides is 2. The fourth-order valence-electron chi connectivity index (χ4n) is 3.51. The van der Waals surface area contributed by atoms with Gasteiger partial charge >= 0.3 is 0 Å². The monoisotopic (exact) mass is 457 g/mol. The minimum Gasteiger partial charge on any atom is -0.387 e. The molecular weight excluding hydrogens is 433 g/mol. The molecule has 1 aromatic carbocycles. The number of anilines is 1. The second-order valence-corrected chi connectivity index (χ2v) is 8.30. The number of hydrogen-bond donors (Lipinski definition) is 3. The number of carbonyl (C=O) groups is 3. The van der Waals surface area contributed by atoms with Gasteiger partial charge in [0.15, 0.2) is 0 Å². The van der Waals surface area contributed by atoms with Gasteiger partial charge < -0.3 is 20.3 Å². The SMILES string of the molecule is Cc1cc(NC(=O)c2c(C)c(C(=O)C(=O)NCC(O)c3ccsc3)n(C)c2C)ccc1F. The highest BCUT2D eigenvalue weighted by Crippen LogP contribution is 2.24. The topological polar surface area (TPSA) is 100 Å². The van der Waals surface area contributed by atoms with E-state index in [0.717, 1.165) is 0 Å². The number of rotatable bonds is 7. The Hall–Kier alpha value is -3.30. The van der Waals surface area contributed by atoms with Crippen molar-refractivity contribution in [3.63, 3.8) is 0 Å². The van der Waals surface area contributed by atoms with E-state index < -0.39 is 23.7 Å². The number of benzene rings is 1. The Balaban J connectivity index is 1.78. The number of Topliss-reactive ketones (excluding diaryl/α,β-unsaturated/α-hetero) is 1. The summed E-state index contributed by atoms with van der Waals surface area (Å²) in [5.41, 5.74) is 2.69. The highest BCUT2D eigenvalue weighted by Gasteiger charge is 2.28. The summed E-state index contributed by atoms with van der Waals surface area (Å²) in [5, 5.41) is 18.8. The molecule has 0 spiro atoms. The van der Waals surface area contributed by atoms with Crippen LogP contribution in [0.25, 0.3) is 0 Å². The van der Waals surface area contributed by atoms with Crippen LogP contribution in [0.1, 0.15) is 49.3 Å². The third-order valence-electron chi connectivity index (χ3n) is 5.38. The number of aryl methyl sites for hydroxylation is 1. The van der Waals surface area contributed by atoms with Crippen molar-refractivity contribution < 1.29 is 23.9 Å². The minimum absolute atomic E-state index is 0.0884. The summed E-state index contributed by atoms with van der Waals surface area (Å²) < 4.78 is 15.0. The van der Waals surface area contributed by atoms with Crippen molar-refractivity contribution in [3.8, 4) is 0 Å². The molecule has 3 aromatic rings. The number of hydrogen-bond acceptors (Lipinski definition) is 5. The second-order valence-electron chi connectivity index (χ2n) is 7.52. The zero-order valence-corrected chi connectivity index (χ0v) is 19.0. The van der Waals surface area contributed by atoms with Crippen molar-refractivity contribution in [2.45, 2.75) is 26.9 Å². The highest BCUT2D eigenvalue weighted by molar-refractivity contribution is 7.07. The largest absolute Gasteiger partial charge is 0.387 e. The number of thiophene rings is 1. The van der Waals surface area contributed by atoms with Crippen LogP contribution in [0.15, 0.2) is 35.0 Å². The van der Waals surface area contributed by atoms with Crippen LogP contribution in [0.4, 0.5) is 10.1 Å². The lowest BCUT2D eigenvalue weighted by Gasteiger charge is -2.11. The standard InChI is InChI=1S/C23H24FN3O4S/c1-12-9-16(5-6-17(12)24)26-22(30)19-13(2)20(27(4)14(19)3)21(29)23(31)25-10-18(28)15-7-8-32-11-15/h5-9,11,18,28H,10H2,1-4H3,(H,25,31)(H,26,30). The van der Waals surface area contributed by atoms with Crippen LogP contribution in [-0.4, -0.2) is 33.8 Å². The predicted octanol–water partition coefficient (Wildman–Crippen LogP) is 3.44. The average molecular weight is 458 g/mol. The van der Waals surface area contributed by atoms with Crippen molar-refractivity contribution >= 4 is 34.6 Å². The third kappa shape index (κ3) is 4.63. The van der Waals surface area contributed by atoms with E-state index in [2.05, 4.69) is 10.6 Å². The molecule has 32 heavy (non-hydrogen) atoms. The zero-order chi connectivity index (χ0) is 23.6. The fraction of sp³-hybridized carbons (Fsp3) is 0.261. The van der Waals surface area contributed by atoms with E-state index in [1.54, 1.807) is 39.3 Å². The molecule has 9 heteroatoms. The number of halogens is 1. The normalized spacial score (nSPS) is 11.8. The molecule has 0 saturated carbocycles. The molecule has 0 aliphatic heterocycles. The number of ketones is 1. The van der Waals surface area contributed by atoms with Crippen LogP contribution in [0.3, 0.4) is 0 Å². The van der Waals surface area contributed by atoms with Crippen LogP contribution >= 0.6 is 11.3 Å².